The summed E-state index contributed by atoms with van der Waals surface area (Å²) >= 11 is 0. The minimum atomic E-state index is -0.520. The molecule has 0 aliphatic carbocycles. The first-order valence-corrected chi connectivity index (χ1v) is 7.47. The summed E-state index contributed by atoms with van der Waals surface area (Å²) in [6.45, 7) is 1.31. The number of amidine groups is 1. The van der Waals surface area contributed by atoms with Gasteiger partial charge in [0.1, 0.15) is 5.82 Å². The summed E-state index contributed by atoms with van der Waals surface area (Å²) in [4.78, 5) is 15.1. The van der Waals surface area contributed by atoms with E-state index in [-0.39, 0.29) is 5.75 Å². The molecule has 0 atom stereocenters. The Balaban J connectivity index is 1.75. The molecule has 3 heterocycles. The van der Waals surface area contributed by atoms with Crippen molar-refractivity contribution < 1.29 is 9.13 Å². The van der Waals surface area contributed by atoms with Gasteiger partial charge in [-0.1, -0.05) is 0 Å². The number of fused-ring (bicyclic) bond motifs is 3. The monoisotopic (exact) mass is 326 g/mol. The Morgan fingerprint density at radius 2 is 2.25 bits per heavy atom. The van der Waals surface area contributed by atoms with E-state index in [1.54, 1.807) is 25.4 Å². The Bertz CT molecular complexity index is 879. The lowest BCUT2D eigenvalue weighted by Crippen LogP contribution is -2.34. The average molecular weight is 326 g/mol. The van der Waals surface area contributed by atoms with Crippen LogP contribution in [0.15, 0.2) is 35.1 Å². The number of benzene rings is 1. The van der Waals surface area contributed by atoms with Crippen LogP contribution < -0.4 is 20.7 Å². The van der Waals surface area contributed by atoms with Crippen LogP contribution in [-0.4, -0.2) is 35.9 Å². The predicted octanol–water partition coefficient (Wildman–Crippen LogP) is 1.89. The first-order chi connectivity index (χ1) is 11.7. The van der Waals surface area contributed by atoms with Crippen LogP contribution in [0.1, 0.15) is 5.56 Å². The van der Waals surface area contributed by atoms with Crippen molar-refractivity contribution in [3.8, 4) is 5.75 Å². The minimum Gasteiger partial charge on any atom is -0.450 e. The Morgan fingerprint density at radius 3 is 3.04 bits per heavy atom. The molecule has 0 bridgehead atoms. The van der Waals surface area contributed by atoms with Crippen LogP contribution in [0.4, 0.5) is 21.8 Å². The van der Waals surface area contributed by atoms with Gasteiger partial charge in [0.05, 0.1) is 6.54 Å². The van der Waals surface area contributed by atoms with Crippen LogP contribution in [0.2, 0.25) is 0 Å². The first kappa shape index (κ1) is 14.4. The van der Waals surface area contributed by atoms with Gasteiger partial charge in [-0.15, -0.1) is 0 Å². The van der Waals surface area contributed by atoms with Crippen molar-refractivity contribution in [2.45, 2.75) is 0 Å². The Hall–Kier alpha value is -3.16. The van der Waals surface area contributed by atoms with Crippen LogP contribution in [0.3, 0.4) is 0 Å². The molecular weight excluding hydrogens is 311 g/mol. The van der Waals surface area contributed by atoms with E-state index >= 15 is 0 Å². The molecule has 2 aliphatic rings. The summed E-state index contributed by atoms with van der Waals surface area (Å²) in [6, 6.07) is 4.32. The molecule has 0 amide bonds. The third-order valence-electron chi connectivity index (χ3n) is 3.80. The second kappa shape index (κ2) is 5.48. The number of nitrogens with two attached hydrogens (primary N) is 1. The maximum Gasteiger partial charge on any atom is 0.224 e. The maximum atomic E-state index is 14.0. The van der Waals surface area contributed by atoms with Crippen LogP contribution in [-0.2, 0) is 0 Å². The number of nitrogens with one attached hydrogen (secondary N) is 1. The number of hydrogen-bond acceptors (Lipinski definition) is 7. The van der Waals surface area contributed by atoms with Gasteiger partial charge >= 0.3 is 0 Å². The van der Waals surface area contributed by atoms with Crippen molar-refractivity contribution in [1.29, 1.82) is 0 Å². The molecule has 0 fully saturated rings. The molecule has 122 valence electrons. The van der Waals surface area contributed by atoms with Crippen LogP contribution in [0, 0.1) is 5.82 Å². The zero-order valence-corrected chi connectivity index (χ0v) is 13.0. The van der Waals surface area contributed by atoms with Crippen LogP contribution >= 0.6 is 0 Å². The topological polar surface area (TPSA) is 88.7 Å². The molecule has 3 N–H and O–H groups in total. The van der Waals surface area contributed by atoms with Gasteiger partial charge < -0.3 is 20.7 Å². The van der Waals surface area contributed by atoms with E-state index in [0.29, 0.717) is 36.3 Å². The van der Waals surface area contributed by atoms with E-state index in [0.717, 1.165) is 11.4 Å². The smallest absolute Gasteiger partial charge is 0.224 e. The third-order valence-corrected chi connectivity index (χ3v) is 3.80. The highest BCUT2D eigenvalue weighted by Crippen LogP contribution is 2.32. The lowest BCUT2D eigenvalue weighted by atomic mass is 10.1. The fourth-order valence-corrected chi connectivity index (χ4v) is 2.68. The Labute approximate surface area is 137 Å². The number of nitrogens with zero attached hydrogens (tertiary/aromatic N) is 4. The van der Waals surface area contributed by atoms with Crippen LogP contribution in [0.5, 0.6) is 5.75 Å². The van der Waals surface area contributed by atoms with Gasteiger partial charge in [-0.05, 0) is 18.2 Å². The number of ether oxygens (including phenoxy) is 1. The van der Waals surface area contributed by atoms with E-state index in [1.807, 2.05) is 4.90 Å². The van der Waals surface area contributed by atoms with E-state index in [4.69, 9.17) is 10.5 Å². The highest BCUT2D eigenvalue weighted by Gasteiger charge is 2.31. The van der Waals surface area contributed by atoms with Crippen molar-refractivity contribution in [2.24, 2.45) is 4.99 Å². The molecule has 24 heavy (non-hydrogen) atoms. The van der Waals surface area contributed by atoms with Crippen molar-refractivity contribution in [1.82, 2.24) is 9.97 Å². The fraction of sp³-hybridized carbons (Fsp3) is 0.188. The van der Waals surface area contributed by atoms with Gasteiger partial charge in [0.15, 0.2) is 23.2 Å². The lowest BCUT2D eigenvalue weighted by Gasteiger charge is -2.27. The molecular formula is C16H15FN6O. The standard InChI is InChI=1S/C16H15FN6O/c1-19-16-21-8-9-6-13(15-20-4-5-23(15)14(9)22-16)24-12-3-2-10(18)7-11(12)17/h2-3,6-8H,4-5,18H2,1H3,(H,19,21,22). The Kier molecular flexibility index (Phi) is 3.30. The van der Waals surface area contributed by atoms with E-state index in [9.17, 15) is 4.39 Å². The number of rotatable bonds is 3. The molecule has 2 aromatic rings. The number of aliphatic imine (C=N–C) groups is 1. The second-order valence-electron chi connectivity index (χ2n) is 5.38. The zero-order valence-electron chi connectivity index (χ0n) is 13.0. The molecule has 0 saturated carbocycles. The largest absolute Gasteiger partial charge is 0.450 e. The van der Waals surface area contributed by atoms with Gasteiger partial charge in [-0.3, -0.25) is 4.99 Å². The summed E-state index contributed by atoms with van der Waals surface area (Å²) in [7, 11) is 1.76. The number of hydrogen-bond donors (Lipinski definition) is 2. The summed E-state index contributed by atoms with van der Waals surface area (Å²) in [5, 5.41) is 2.92. The first-order valence-electron chi connectivity index (χ1n) is 7.47. The highest BCUT2D eigenvalue weighted by atomic mass is 19.1. The number of halogens is 1. The quantitative estimate of drug-likeness (QED) is 0.838. The molecule has 2 aliphatic heterocycles. The molecule has 1 aromatic carbocycles. The van der Waals surface area contributed by atoms with Gasteiger partial charge in [-0.25, -0.2) is 9.37 Å². The van der Waals surface area contributed by atoms with E-state index in [1.165, 1.54) is 12.1 Å². The maximum absolute atomic E-state index is 14.0. The van der Waals surface area contributed by atoms with Crippen molar-refractivity contribution in [3.63, 3.8) is 0 Å². The minimum absolute atomic E-state index is 0.0983. The van der Waals surface area contributed by atoms with Gasteiger partial charge in [0.25, 0.3) is 0 Å². The molecule has 8 heteroatoms. The number of nitrogen functional groups attached to an aromatic ring is 1. The molecule has 0 unspecified atom stereocenters. The molecule has 1 aromatic heterocycles. The summed E-state index contributed by atoms with van der Waals surface area (Å²) in [6.07, 6.45) is 3.47. The van der Waals surface area contributed by atoms with E-state index < -0.39 is 5.82 Å². The van der Waals surface area contributed by atoms with Gasteiger partial charge in [0.2, 0.25) is 5.95 Å². The second-order valence-corrected chi connectivity index (χ2v) is 5.38. The molecule has 7 nitrogen and oxygen atoms in total. The van der Waals surface area contributed by atoms with Crippen molar-refractivity contribution in [2.75, 3.05) is 36.1 Å². The van der Waals surface area contributed by atoms with Crippen molar-refractivity contribution in [3.05, 3.63) is 41.5 Å². The molecule has 4 rings (SSSR count). The summed E-state index contributed by atoms with van der Waals surface area (Å²) in [5.41, 5.74) is 6.71. The van der Waals surface area contributed by atoms with Crippen LogP contribution in [0.25, 0.3) is 6.08 Å². The Morgan fingerprint density at radius 1 is 1.38 bits per heavy atom. The number of anilines is 3. The fourth-order valence-electron chi connectivity index (χ4n) is 2.68. The van der Waals surface area contributed by atoms with E-state index in [2.05, 4.69) is 20.3 Å². The lowest BCUT2D eigenvalue weighted by molar-refractivity contribution is 0.422. The van der Waals surface area contributed by atoms with Gasteiger partial charge in [-0.2, -0.15) is 4.98 Å². The zero-order chi connectivity index (χ0) is 16.7. The normalized spacial score (nSPS) is 15.3. The predicted molar refractivity (Wildman–Crippen MR) is 90.6 cm³/mol. The molecule has 0 saturated heterocycles. The molecule has 0 spiro atoms. The molecule has 0 radical (unpaired) electrons. The summed E-state index contributed by atoms with van der Waals surface area (Å²) < 4.78 is 19.8. The summed E-state index contributed by atoms with van der Waals surface area (Å²) in [5.74, 6) is 1.97. The highest BCUT2D eigenvalue weighted by molar-refractivity contribution is 6.15. The van der Waals surface area contributed by atoms with Gasteiger partial charge in [0, 0.05) is 37.1 Å². The third kappa shape index (κ3) is 2.32. The SMILES string of the molecule is CNc1ncc2c(n1)N1CCN=C1C(Oc1ccc(N)cc1F)=C2. The number of aromatic nitrogens is 2. The average Bonchev–Trinajstić information content (AvgIpc) is 3.07. The van der Waals surface area contributed by atoms with Crippen molar-refractivity contribution >= 4 is 29.4 Å².